The summed E-state index contributed by atoms with van der Waals surface area (Å²) in [6.45, 7) is -2.88. The molecule has 4 rings (SSSR count). The maximum Gasteiger partial charge on any atom is 0.186 e. The molecule has 0 aliphatic carbocycles. The number of carbonyl (C=O) groups is 1. The van der Waals surface area contributed by atoms with E-state index in [-0.39, 0.29) is 5.78 Å². The second-order valence-corrected chi connectivity index (χ2v) is 10.3. The third-order valence-corrected chi connectivity index (χ3v) is 9.15. The van der Waals surface area contributed by atoms with E-state index in [1.807, 2.05) is 60.4 Å². The van der Waals surface area contributed by atoms with E-state index in [0.717, 1.165) is 15.9 Å². The number of ketones is 1. The van der Waals surface area contributed by atoms with E-state index in [1.165, 1.54) is 0 Å². The minimum absolute atomic E-state index is 0.0506. The highest BCUT2D eigenvalue weighted by Crippen LogP contribution is 2.43. The van der Waals surface area contributed by atoms with Crippen molar-refractivity contribution in [2.45, 2.75) is 6.67 Å². The normalized spacial score (nSPS) is 11.1. The number of carbonyl (C=O) groups excluding carboxylic acids is 1. The summed E-state index contributed by atoms with van der Waals surface area (Å²) in [6.07, 6.45) is 0. The van der Waals surface area contributed by atoms with Crippen LogP contribution in [0.25, 0.3) is 0 Å². The van der Waals surface area contributed by atoms with Crippen LogP contribution in [0.4, 0.5) is 4.39 Å². The first-order chi connectivity index (χ1) is 14.7. The third-order valence-electron chi connectivity index (χ3n) is 5.19. The number of hydrogen-bond donors (Lipinski definition) is 0. The lowest BCUT2D eigenvalue weighted by atomic mass is 10.1. The van der Waals surface area contributed by atoms with Crippen molar-refractivity contribution in [3.05, 3.63) is 126 Å². The highest BCUT2D eigenvalue weighted by molar-refractivity contribution is 7.95. The summed E-state index contributed by atoms with van der Waals surface area (Å²) in [4.78, 5) is 13.5. The zero-order chi connectivity index (χ0) is 20.8. The molecule has 0 saturated carbocycles. The van der Waals surface area contributed by atoms with Crippen LogP contribution in [0, 0.1) is 0 Å². The molecule has 0 spiro atoms. The van der Waals surface area contributed by atoms with E-state index in [9.17, 15) is 9.18 Å². The van der Waals surface area contributed by atoms with Gasteiger partial charge in [-0.15, -0.1) is 0 Å². The van der Waals surface area contributed by atoms with Gasteiger partial charge in [0.2, 0.25) is 0 Å². The van der Waals surface area contributed by atoms with Crippen molar-refractivity contribution >= 4 is 34.4 Å². The summed E-state index contributed by atoms with van der Waals surface area (Å²) >= 11 is 0. The summed E-state index contributed by atoms with van der Waals surface area (Å²) < 4.78 is 12.9. The third kappa shape index (κ3) is 3.92. The lowest BCUT2D eigenvalue weighted by Crippen LogP contribution is -2.28. The Morgan fingerprint density at radius 2 is 1.03 bits per heavy atom. The van der Waals surface area contributed by atoms with Gasteiger partial charge in [0, 0.05) is 5.56 Å². The Morgan fingerprint density at radius 3 is 1.40 bits per heavy atom. The molecule has 0 atom stereocenters. The monoisotopic (exact) mass is 412 g/mol. The predicted octanol–water partition coefficient (Wildman–Crippen LogP) is 5.14. The fraction of sp³-hybridized carbons (Fsp3) is 0.0370. The van der Waals surface area contributed by atoms with Gasteiger partial charge < -0.3 is 0 Å². The molecule has 0 aromatic heterocycles. The first-order valence-electron chi connectivity index (χ1n) is 9.85. The summed E-state index contributed by atoms with van der Waals surface area (Å²) in [5.74, 6) is 1.85. The van der Waals surface area contributed by atoms with Crippen LogP contribution >= 0.6 is 6.89 Å². The van der Waals surface area contributed by atoms with Crippen molar-refractivity contribution in [1.29, 1.82) is 0 Å². The van der Waals surface area contributed by atoms with Crippen LogP contribution in [0.2, 0.25) is 0 Å². The molecule has 0 bridgehead atoms. The molecule has 4 aromatic rings. The fourth-order valence-electron chi connectivity index (χ4n) is 3.67. The quantitative estimate of drug-likeness (QED) is 0.317. The molecule has 0 aliphatic heterocycles. The number of benzene rings is 4. The Bertz CT molecular complexity index is 1060. The van der Waals surface area contributed by atoms with Gasteiger partial charge in [-0.05, 0) is 34.2 Å². The largest absolute Gasteiger partial charge is 0.289 e. The average molecular weight is 412 g/mol. The second kappa shape index (κ2) is 9.07. The molecule has 0 saturated heterocycles. The standard InChI is InChI=1S/C27H22FOP/c28-20-22-16-18-23(19-17-22)27(29)21-30(24-10-4-1-5-11-24,25-12-6-2-7-13-25)26-14-8-3-9-15-26/h1-19,21H,20H2. The van der Waals surface area contributed by atoms with Gasteiger partial charge in [0.05, 0.1) is 0 Å². The van der Waals surface area contributed by atoms with Gasteiger partial charge in [0.1, 0.15) is 6.67 Å². The predicted molar refractivity (Wildman–Crippen MR) is 127 cm³/mol. The van der Waals surface area contributed by atoms with E-state index in [2.05, 4.69) is 36.4 Å². The summed E-state index contributed by atoms with van der Waals surface area (Å²) in [5, 5.41) is 3.36. The summed E-state index contributed by atoms with van der Waals surface area (Å²) in [5.41, 5.74) is 1.14. The zero-order valence-electron chi connectivity index (χ0n) is 16.5. The Kier molecular flexibility index (Phi) is 6.07. The van der Waals surface area contributed by atoms with Crippen molar-refractivity contribution in [3.8, 4) is 0 Å². The molecule has 0 amide bonds. The highest BCUT2D eigenvalue weighted by Gasteiger charge is 2.26. The van der Waals surface area contributed by atoms with Crippen LogP contribution in [0.3, 0.4) is 0 Å². The van der Waals surface area contributed by atoms with Crippen LogP contribution in [0.1, 0.15) is 15.9 Å². The van der Waals surface area contributed by atoms with E-state index >= 15 is 0 Å². The van der Waals surface area contributed by atoms with E-state index in [1.54, 1.807) is 24.3 Å². The first-order valence-corrected chi connectivity index (χ1v) is 11.7. The highest BCUT2D eigenvalue weighted by atomic mass is 31.2. The number of Topliss-reactive ketones (excluding diaryl/α,β-unsaturated/α-hetero) is 1. The number of halogens is 1. The van der Waals surface area contributed by atoms with Crippen molar-refractivity contribution in [2.75, 3.05) is 0 Å². The van der Waals surface area contributed by atoms with E-state index < -0.39 is 13.6 Å². The minimum atomic E-state index is -2.34. The van der Waals surface area contributed by atoms with Gasteiger partial charge >= 0.3 is 0 Å². The van der Waals surface area contributed by atoms with Gasteiger partial charge in [-0.2, -0.15) is 0 Å². The molecular formula is C27H22FOP. The molecule has 0 N–H and O–H groups in total. The molecule has 0 heterocycles. The number of rotatable bonds is 6. The van der Waals surface area contributed by atoms with Gasteiger partial charge in [-0.3, -0.25) is 4.79 Å². The molecule has 4 aromatic carbocycles. The van der Waals surface area contributed by atoms with Gasteiger partial charge in [-0.1, -0.05) is 115 Å². The van der Waals surface area contributed by atoms with Crippen LogP contribution in [-0.4, -0.2) is 11.6 Å². The van der Waals surface area contributed by atoms with Crippen LogP contribution in [-0.2, 0) is 6.67 Å². The molecule has 0 aliphatic rings. The minimum Gasteiger partial charge on any atom is -0.289 e. The summed E-state index contributed by atoms with van der Waals surface area (Å²) in [7, 11) is 0. The Labute approximate surface area is 176 Å². The smallest absolute Gasteiger partial charge is 0.186 e. The Morgan fingerprint density at radius 1 is 0.633 bits per heavy atom. The van der Waals surface area contributed by atoms with Crippen molar-refractivity contribution in [1.82, 2.24) is 0 Å². The number of alkyl halides is 1. The second-order valence-electron chi connectivity index (χ2n) is 7.05. The molecule has 30 heavy (non-hydrogen) atoms. The maximum absolute atomic E-state index is 13.5. The van der Waals surface area contributed by atoms with Crippen molar-refractivity contribution in [2.24, 2.45) is 0 Å². The van der Waals surface area contributed by atoms with E-state index in [4.69, 9.17) is 0 Å². The van der Waals surface area contributed by atoms with Crippen molar-refractivity contribution < 1.29 is 9.18 Å². The molecule has 3 heteroatoms. The SMILES string of the molecule is O=C(C=P(c1ccccc1)(c1ccccc1)c1ccccc1)c1ccc(CF)cc1. The molecule has 148 valence electrons. The van der Waals surface area contributed by atoms with Crippen molar-refractivity contribution in [3.63, 3.8) is 0 Å². The van der Waals surface area contributed by atoms with Crippen LogP contribution in [0.5, 0.6) is 0 Å². The van der Waals surface area contributed by atoms with E-state index in [0.29, 0.717) is 11.1 Å². The van der Waals surface area contributed by atoms with Gasteiger partial charge in [0.25, 0.3) is 0 Å². The van der Waals surface area contributed by atoms with Crippen LogP contribution < -0.4 is 15.9 Å². The molecule has 0 unspecified atom stereocenters. The Balaban J connectivity index is 2.01. The van der Waals surface area contributed by atoms with Crippen LogP contribution in [0.15, 0.2) is 115 Å². The lowest BCUT2D eigenvalue weighted by molar-refractivity contribution is 0.107. The number of hydrogen-bond acceptors (Lipinski definition) is 1. The lowest BCUT2D eigenvalue weighted by Gasteiger charge is -2.28. The fourth-order valence-corrected chi connectivity index (χ4v) is 7.44. The molecule has 1 nitrogen and oxygen atoms in total. The topological polar surface area (TPSA) is 17.1 Å². The molecular weight excluding hydrogens is 390 g/mol. The van der Waals surface area contributed by atoms with Gasteiger partial charge in [-0.25, -0.2) is 4.39 Å². The first kappa shape index (κ1) is 20.1. The maximum atomic E-state index is 13.5. The van der Waals surface area contributed by atoms with Gasteiger partial charge in [0.15, 0.2) is 5.78 Å². The molecule has 0 fully saturated rings. The zero-order valence-corrected chi connectivity index (χ0v) is 17.4. The summed E-state index contributed by atoms with van der Waals surface area (Å²) in [6, 6.07) is 37.5. The average Bonchev–Trinajstić information content (AvgIpc) is 2.84. The molecule has 0 radical (unpaired) electrons. The Hall–Kier alpha value is -3.22.